The highest BCUT2D eigenvalue weighted by Crippen LogP contribution is 2.34. The van der Waals surface area contributed by atoms with Gasteiger partial charge in [-0.2, -0.15) is 0 Å². The van der Waals surface area contributed by atoms with Crippen molar-refractivity contribution in [2.24, 2.45) is 0 Å². The quantitative estimate of drug-likeness (QED) is 0.446. The number of fused-ring (bicyclic) bond motifs is 2. The van der Waals surface area contributed by atoms with Gasteiger partial charge in [0, 0.05) is 28.0 Å². The van der Waals surface area contributed by atoms with Gasteiger partial charge in [-0.1, -0.05) is 12.1 Å². The van der Waals surface area contributed by atoms with Crippen molar-refractivity contribution in [3.05, 3.63) is 68.9 Å². The van der Waals surface area contributed by atoms with E-state index in [2.05, 4.69) is 0 Å². The molecule has 0 bridgehead atoms. The number of hydrogen-bond acceptors (Lipinski definition) is 7. The van der Waals surface area contributed by atoms with Crippen molar-refractivity contribution < 1.29 is 23.1 Å². The molecule has 0 N–H and O–H groups in total. The molecule has 0 aliphatic carbocycles. The number of carbonyl (C=O) groups excluding carboxylic acids is 1. The molecule has 0 saturated heterocycles. The molecular weight excluding hydrogens is 400 g/mol. The summed E-state index contributed by atoms with van der Waals surface area (Å²) in [4.78, 5) is 36.7. The summed E-state index contributed by atoms with van der Waals surface area (Å²) >= 11 is 0. The lowest BCUT2D eigenvalue weighted by atomic mass is 10.0. The average Bonchev–Trinajstić information content (AvgIpc) is 2.74. The normalized spacial score (nSPS) is 12.1. The molecule has 7 nitrogen and oxygen atoms in total. The Hall–Kier alpha value is -3.87. The van der Waals surface area contributed by atoms with Crippen LogP contribution in [0.5, 0.6) is 11.5 Å². The monoisotopic (exact) mass is 420 g/mol. The number of rotatable bonds is 5. The van der Waals surface area contributed by atoms with Crippen LogP contribution in [0.25, 0.3) is 33.1 Å². The predicted octanol–water partition coefficient (Wildman–Crippen LogP) is 4.24. The molecule has 31 heavy (non-hydrogen) atoms. The number of ether oxygens (including phenoxy) is 2. The first-order valence-corrected chi connectivity index (χ1v) is 9.66. The Kier molecular flexibility index (Phi) is 5.10. The third-order valence-electron chi connectivity index (χ3n) is 5.22. The molecule has 0 amide bonds. The zero-order valence-corrected chi connectivity index (χ0v) is 17.5. The Balaban J connectivity index is 1.96. The number of benzene rings is 2. The van der Waals surface area contributed by atoms with E-state index in [1.807, 2.05) is 0 Å². The summed E-state index contributed by atoms with van der Waals surface area (Å²) in [6, 6.07) is 11.6. The van der Waals surface area contributed by atoms with Gasteiger partial charge in [-0.15, -0.1) is 0 Å². The van der Waals surface area contributed by atoms with Crippen LogP contribution in [-0.4, -0.2) is 19.0 Å². The maximum Gasteiger partial charge on any atom is 0.344 e. The first-order chi connectivity index (χ1) is 14.8. The number of para-hydroxylation sites is 1. The van der Waals surface area contributed by atoms with Crippen LogP contribution in [0.3, 0.4) is 0 Å². The van der Waals surface area contributed by atoms with Crippen molar-refractivity contribution in [1.29, 1.82) is 0 Å². The van der Waals surface area contributed by atoms with Crippen LogP contribution in [0.15, 0.2) is 60.9 Å². The summed E-state index contributed by atoms with van der Waals surface area (Å²) in [6.45, 7) is 4.81. The fraction of sp³-hybridized carbons (Fsp3) is 0.208. The zero-order valence-electron chi connectivity index (χ0n) is 17.5. The average molecular weight is 420 g/mol. The number of hydrogen-bond donors (Lipinski definition) is 0. The molecule has 158 valence electrons. The standard InChI is InChI=1S/C24H20O7/c1-12-19(29-14(3)13(2)25)9-8-16-17(11-21(26)30-22(12)16)18-10-15-6-5-7-20(28-4)23(15)31-24(18)27/h5-11,14H,1-4H3/t14-/m1/s1. The Labute approximate surface area is 176 Å². The van der Waals surface area contributed by atoms with E-state index in [-0.39, 0.29) is 16.9 Å². The van der Waals surface area contributed by atoms with Gasteiger partial charge in [0.15, 0.2) is 23.2 Å². The molecule has 0 aliphatic rings. The van der Waals surface area contributed by atoms with Gasteiger partial charge in [-0.3, -0.25) is 4.79 Å². The maximum atomic E-state index is 12.8. The molecule has 0 radical (unpaired) electrons. The van der Waals surface area contributed by atoms with Crippen LogP contribution >= 0.6 is 0 Å². The smallest absolute Gasteiger partial charge is 0.344 e. The van der Waals surface area contributed by atoms with E-state index in [9.17, 15) is 14.4 Å². The second-order valence-electron chi connectivity index (χ2n) is 7.24. The topological polar surface area (TPSA) is 96.0 Å². The second-order valence-corrected chi connectivity index (χ2v) is 7.24. The Morgan fingerprint density at radius 1 is 0.968 bits per heavy atom. The van der Waals surface area contributed by atoms with E-state index >= 15 is 0 Å². The van der Waals surface area contributed by atoms with Crippen LogP contribution in [0.2, 0.25) is 0 Å². The van der Waals surface area contributed by atoms with Crippen molar-refractivity contribution in [3.8, 4) is 22.6 Å². The van der Waals surface area contributed by atoms with Crippen LogP contribution in [-0.2, 0) is 4.79 Å². The van der Waals surface area contributed by atoms with E-state index in [4.69, 9.17) is 18.3 Å². The van der Waals surface area contributed by atoms with Crippen LogP contribution in [0, 0.1) is 6.92 Å². The summed E-state index contributed by atoms with van der Waals surface area (Å²) in [7, 11) is 1.49. The fourth-order valence-electron chi connectivity index (χ4n) is 3.43. The largest absolute Gasteiger partial charge is 0.493 e. The SMILES string of the molecule is COc1cccc2cc(-c3cc(=O)oc4c(C)c(O[C@H](C)C(C)=O)ccc34)c(=O)oc12. The fourth-order valence-corrected chi connectivity index (χ4v) is 3.43. The van der Waals surface area contributed by atoms with Gasteiger partial charge < -0.3 is 18.3 Å². The first-order valence-electron chi connectivity index (χ1n) is 9.66. The summed E-state index contributed by atoms with van der Waals surface area (Å²) in [6.07, 6.45) is -0.645. The van der Waals surface area contributed by atoms with E-state index in [0.29, 0.717) is 39.0 Å². The molecule has 4 rings (SSSR count). The highest BCUT2D eigenvalue weighted by atomic mass is 16.5. The number of aryl methyl sites for hydroxylation is 1. The van der Waals surface area contributed by atoms with Gasteiger partial charge in [-0.25, -0.2) is 9.59 Å². The zero-order chi connectivity index (χ0) is 22.3. The van der Waals surface area contributed by atoms with Gasteiger partial charge in [0.05, 0.1) is 12.7 Å². The third-order valence-corrected chi connectivity index (χ3v) is 5.22. The minimum absolute atomic E-state index is 0.126. The number of methoxy groups -OCH3 is 1. The Morgan fingerprint density at radius 2 is 1.74 bits per heavy atom. The molecule has 7 heteroatoms. The van der Waals surface area contributed by atoms with E-state index in [1.165, 1.54) is 20.1 Å². The molecule has 2 aromatic heterocycles. The Morgan fingerprint density at radius 3 is 2.45 bits per heavy atom. The van der Waals surface area contributed by atoms with Crippen molar-refractivity contribution in [3.63, 3.8) is 0 Å². The van der Waals surface area contributed by atoms with E-state index in [0.717, 1.165) is 0 Å². The van der Waals surface area contributed by atoms with Gasteiger partial charge in [0.25, 0.3) is 0 Å². The van der Waals surface area contributed by atoms with Crippen molar-refractivity contribution in [2.75, 3.05) is 7.11 Å². The molecule has 0 fully saturated rings. The van der Waals surface area contributed by atoms with Crippen molar-refractivity contribution in [2.45, 2.75) is 26.9 Å². The Bertz CT molecular complexity index is 1440. The molecule has 0 aliphatic heterocycles. The molecule has 2 aromatic carbocycles. The lowest BCUT2D eigenvalue weighted by Crippen LogP contribution is -2.21. The summed E-state index contributed by atoms with van der Waals surface area (Å²) in [5, 5.41) is 1.21. The molecule has 0 unspecified atom stereocenters. The van der Waals surface area contributed by atoms with Gasteiger partial charge in [-0.05, 0) is 45.0 Å². The lowest BCUT2D eigenvalue weighted by Gasteiger charge is -2.15. The molecule has 0 saturated carbocycles. The summed E-state index contributed by atoms with van der Waals surface area (Å²) in [5.74, 6) is 0.737. The minimum atomic E-state index is -0.645. The summed E-state index contributed by atoms with van der Waals surface area (Å²) in [5.41, 5.74) is 0.552. The number of ketones is 1. The van der Waals surface area contributed by atoms with E-state index in [1.54, 1.807) is 50.2 Å². The molecule has 0 spiro atoms. The van der Waals surface area contributed by atoms with Gasteiger partial charge in [0.1, 0.15) is 11.3 Å². The van der Waals surface area contributed by atoms with Gasteiger partial charge in [0.2, 0.25) is 0 Å². The van der Waals surface area contributed by atoms with E-state index < -0.39 is 17.4 Å². The minimum Gasteiger partial charge on any atom is -0.493 e. The second kappa shape index (κ2) is 7.75. The lowest BCUT2D eigenvalue weighted by molar-refractivity contribution is -0.122. The van der Waals surface area contributed by atoms with Crippen molar-refractivity contribution >= 4 is 27.7 Å². The molecule has 4 aromatic rings. The number of Topliss-reactive ketones (excluding diaryl/α,β-unsaturated/α-hetero) is 1. The van der Waals surface area contributed by atoms with Crippen LogP contribution in [0.4, 0.5) is 0 Å². The van der Waals surface area contributed by atoms with Crippen molar-refractivity contribution in [1.82, 2.24) is 0 Å². The van der Waals surface area contributed by atoms with Gasteiger partial charge >= 0.3 is 11.3 Å². The highest BCUT2D eigenvalue weighted by Gasteiger charge is 2.19. The highest BCUT2D eigenvalue weighted by molar-refractivity contribution is 5.97. The third kappa shape index (κ3) is 3.59. The summed E-state index contributed by atoms with van der Waals surface area (Å²) < 4.78 is 21.9. The molecule has 2 heterocycles. The maximum absolute atomic E-state index is 12.8. The molecule has 1 atom stereocenters. The molecular formula is C24H20O7. The van der Waals surface area contributed by atoms with Crippen LogP contribution < -0.4 is 20.7 Å². The first kappa shape index (κ1) is 20.4. The number of carbonyl (C=O) groups is 1. The predicted molar refractivity (Wildman–Crippen MR) is 116 cm³/mol. The van der Waals surface area contributed by atoms with Crippen LogP contribution in [0.1, 0.15) is 19.4 Å².